The van der Waals surface area contributed by atoms with Gasteiger partial charge in [-0.05, 0) is 30.7 Å². The molecule has 2 saturated heterocycles. The van der Waals surface area contributed by atoms with E-state index in [4.69, 9.17) is 0 Å². The molecule has 0 spiro atoms. The Labute approximate surface area is 135 Å². The third kappa shape index (κ3) is 3.93. The van der Waals surface area contributed by atoms with Gasteiger partial charge in [-0.15, -0.1) is 0 Å². The Kier molecular flexibility index (Phi) is 4.43. The molecule has 2 fully saturated rings. The summed E-state index contributed by atoms with van der Waals surface area (Å²) in [5, 5.41) is 2.81. The second kappa shape index (κ2) is 6.35. The molecule has 23 heavy (non-hydrogen) atoms. The van der Waals surface area contributed by atoms with Gasteiger partial charge < -0.3 is 15.1 Å². The number of nitrogens with zero attached hydrogens (tertiary/aromatic N) is 2. The van der Waals surface area contributed by atoms with E-state index in [1.54, 1.807) is 17.0 Å². The number of benzene rings is 1. The maximum absolute atomic E-state index is 12.9. The molecule has 2 aliphatic heterocycles. The van der Waals surface area contributed by atoms with Crippen molar-refractivity contribution in [2.24, 2.45) is 0 Å². The first-order valence-electron chi connectivity index (χ1n) is 7.69. The van der Waals surface area contributed by atoms with Crippen molar-refractivity contribution in [2.45, 2.75) is 12.5 Å². The van der Waals surface area contributed by atoms with E-state index >= 15 is 0 Å². The van der Waals surface area contributed by atoms with Crippen molar-refractivity contribution >= 4 is 21.6 Å². The number of halogens is 1. The predicted molar refractivity (Wildman–Crippen MR) is 85.8 cm³/mol. The summed E-state index contributed by atoms with van der Waals surface area (Å²) < 4.78 is 35.8. The van der Waals surface area contributed by atoms with E-state index < -0.39 is 9.84 Å². The van der Waals surface area contributed by atoms with Crippen LogP contribution in [-0.2, 0) is 9.84 Å². The molecule has 1 aromatic carbocycles. The molecule has 3 rings (SSSR count). The van der Waals surface area contributed by atoms with Gasteiger partial charge in [0.2, 0.25) is 0 Å². The quantitative estimate of drug-likeness (QED) is 0.866. The summed E-state index contributed by atoms with van der Waals surface area (Å²) in [5.74, 6) is -0.0804. The number of carbonyl (C=O) groups is 1. The zero-order valence-corrected chi connectivity index (χ0v) is 13.6. The van der Waals surface area contributed by atoms with E-state index in [0.29, 0.717) is 32.6 Å². The molecule has 0 bridgehead atoms. The number of hydrogen-bond donors (Lipinski definition) is 1. The lowest BCUT2D eigenvalue weighted by atomic mass is 10.2. The number of hydrogen-bond acceptors (Lipinski definition) is 4. The molecule has 126 valence electrons. The summed E-state index contributed by atoms with van der Waals surface area (Å²) in [6.45, 7) is 2.45. The van der Waals surface area contributed by atoms with Gasteiger partial charge in [-0.2, -0.15) is 0 Å². The summed E-state index contributed by atoms with van der Waals surface area (Å²) in [7, 11) is -2.99. The smallest absolute Gasteiger partial charge is 0.317 e. The van der Waals surface area contributed by atoms with Crippen molar-refractivity contribution in [3.63, 3.8) is 0 Å². The normalized spacial score (nSPS) is 23.8. The van der Waals surface area contributed by atoms with Crippen LogP contribution in [0.5, 0.6) is 0 Å². The van der Waals surface area contributed by atoms with Crippen LogP contribution in [-0.4, -0.2) is 63.1 Å². The molecule has 2 heterocycles. The zero-order chi connectivity index (χ0) is 16.4. The highest BCUT2D eigenvalue weighted by Crippen LogP contribution is 2.17. The second-order valence-electron chi connectivity index (χ2n) is 6.00. The van der Waals surface area contributed by atoms with E-state index in [9.17, 15) is 17.6 Å². The summed E-state index contributed by atoms with van der Waals surface area (Å²) in [5.41, 5.74) is 0.938. The Morgan fingerprint density at radius 2 is 1.78 bits per heavy atom. The van der Waals surface area contributed by atoms with Crippen LogP contribution in [0, 0.1) is 5.82 Å². The van der Waals surface area contributed by atoms with Crippen LogP contribution in [0.25, 0.3) is 0 Å². The van der Waals surface area contributed by atoms with Crippen molar-refractivity contribution in [2.75, 3.05) is 42.6 Å². The Bertz CT molecular complexity index is 670. The third-order valence-electron chi connectivity index (χ3n) is 4.32. The highest BCUT2D eigenvalue weighted by atomic mass is 32.2. The van der Waals surface area contributed by atoms with Gasteiger partial charge in [0.05, 0.1) is 11.5 Å². The van der Waals surface area contributed by atoms with Gasteiger partial charge in [-0.1, -0.05) is 0 Å². The van der Waals surface area contributed by atoms with Crippen LogP contribution in [0.2, 0.25) is 0 Å². The SMILES string of the molecule is O=C(N[C@@H]1CCS(=O)(=O)C1)N1CCN(c2ccc(F)cc2)CC1. The van der Waals surface area contributed by atoms with Gasteiger partial charge in [0, 0.05) is 37.9 Å². The monoisotopic (exact) mass is 341 g/mol. The Balaban J connectivity index is 1.50. The zero-order valence-electron chi connectivity index (χ0n) is 12.7. The number of amides is 2. The summed E-state index contributed by atoms with van der Waals surface area (Å²) in [6, 6.07) is 5.83. The summed E-state index contributed by atoms with van der Waals surface area (Å²) >= 11 is 0. The lowest BCUT2D eigenvalue weighted by molar-refractivity contribution is 0.191. The van der Waals surface area contributed by atoms with Crippen LogP contribution < -0.4 is 10.2 Å². The number of nitrogens with one attached hydrogen (secondary N) is 1. The minimum absolute atomic E-state index is 0.0360. The van der Waals surface area contributed by atoms with E-state index in [-0.39, 0.29) is 29.4 Å². The fourth-order valence-electron chi connectivity index (χ4n) is 2.99. The third-order valence-corrected chi connectivity index (χ3v) is 6.09. The first-order chi connectivity index (χ1) is 10.9. The number of carbonyl (C=O) groups excluding carboxylic acids is 1. The van der Waals surface area contributed by atoms with E-state index in [2.05, 4.69) is 10.2 Å². The van der Waals surface area contributed by atoms with Crippen molar-refractivity contribution in [1.82, 2.24) is 10.2 Å². The fourth-order valence-corrected chi connectivity index (χ4v) is 4.67. The van der Waals surface area contributed by atoms with Gasteiger partial charge >= 0.3 is 6.03 Å². The average molecular weight is 341 g/mol. The molecular formula is C15H20FN3O3S. The number of rotatable bonds is 2. The molecule has 0 saturated carbocycles. The average Bonchev–Trinajstić information content (AvgIpc) is 2.87. The first kappa shape index (κ1) is 16.0. The maximum Gasteiger partial charge on any atom is 0.317 e. The lowest BCUT2D eigenvalue weighted by Crippen LogP contribution is -2.53. The van der Waals surface area contributed by atoms with Gasteiger partial charge in [-0.3, -0.25) is 0 Å². The number of urea groups is 1. The molecular weight excluding hydrogens is 321 g/mol. The van der Waals surface area contributed by atoms with Crippen LogP contribution in [0.3, 0.4) is 0 Å². The van der Waals surface area contributed by atoms with Gasteiger partial charge in [0.25, 0.3) is 0 Å². The molecule has 1 atom stereocenters. The molecule has 6 nitrogen and oxygen atoms in total. The minimum Gasteiger partial charge on any atom is -0.368 e. The molecule has 1 N–H and O–H groups in total. The highest BCUT2D eigenvalue weighted by molar-refractivity contribution is 7.91. The lowest BCUT2D eigenvalue weighted by Gasteiger charge is -2.36. The van der Waals surface area contributed by atoms with Crippen molar-refractivity contribution in [3.05, 3.63) is 30.1 Å². The van der Waals surface area contributed by atoms with Crippen molar-refractivity contribution in [1.29, 1.82) is 0 Å². The Hall–Kier alpha value is -1.83. The summed E-state index contributed by atoms with van der Waals surface area (Å²) in [6.07, 6.45) is 0.490. The summed E-state index contributed by atoms with van der Waals surface area (Å²) in [4.78, 5) is 16.0. The fraction of sp³-hybridized carbons (Fsp3) is 0.533. The van der Waals surface area contributed by atoms with Crippen LogP contribution in [0.15, 0.2) is 24.3 Å². The molecule has 0 aromatic heterocycles. The number of sulfone groups is 1. The van der Waals surface area contributed by atoms with Crippen molar-refractivity contribution in [3.8, 4) is 0 Å². The van der Waals surface area contributed by atoms with E-state index in [1.165, 1.54) is 12.1 Å². The molecule has 0 radical (unpaired) electrons. The highest BCUT2D eigenvalue weighted by Gasteiger charge is 2.30. The van der Waals surface area contributed by atoms with Gasteiger partial charge in [0.1, 0.15) is 5.82 Å². The maximum atomic E-state index is 12.9. The molecule has 1 aromatic rings. The Morgan fingerprint density at radius 3 is 2.35 bits per heavy atom. The second-order valence-corrected chi connectivity index (χ2v) is 8.23. The number of piperazine rings is 1. The molecule has 0 unspecified atom stereocenters. The molecule has 2 amide bonds. The largest absolute Gasteiger partial charge is 0.368 e. The Morgan fingerprint density at radius 1 is 1.13 bits per heavy atom. The predicted octanol–water partition coefficient (Wildman–Crippen LogP) is 0.844. The first-order valence-corrected chi connectivity index (χ1v) is 9.51. The molecule has 0 aliphatic carbocycles. The van der Waals surface area contributed by atoms with Crippen molar-refractivity contribution < 1.29 is 17.6 Å². The van der Waals surface area contributed by atoms with Gasteiger partial charge in [-0.25, -0.2) is 17.6 Å². The van der Waals surface area contributed by atoms with E-state index in [0.717, 1.165) is 5.69 Å². The standard InChI is InChI=1S/C15H20FN3O3S/c16-12-1-3-14(4-2-12)18-6-8-19(9-7-18)15(20)17-13-5-10-23(21,22)11-13/h1-4,13H,5-11H2,(H,17,20)/t13-/m1/s1. The topological polar surface area (TPSA) is 69.7 Å². The van der Waals surface area contributed by atoms with Crippen LogP contribution >= 0.6 is 0 Å². The van der Waals surface area contributed by atoms with E-state index in [1.807, 2.05) is 0 Å². The van der Waals surface area contributed by atoms with Crippen LogP contribution in [0.1, 0.15) is 6.42 Å². The molecule has 8 heteroatoms. The van der Waals surface area contributed by atoms with Crippen LogP contribution in [0.4, 0.5) is 14.9 Å². The minimum atomic E-state index is -2.99. The number of anilines is 1. The van der Waals surface area contributed by atoms with Gasteiger partial charge in [0.15, 0.2) is 9.84 Å². The molecule has 2 aliphatic rings.